The van der Waals surface area contributed by atoms with Crippen molar-refractivity contribution in [3.05, 3.63) is 0 Å². The maximum atomic E-state index is 11.5. The predicted octanol–water partition coefficient (Wildman–Crippen LogP) is -0.417. The van der Waals surface area contributed by atoms with E-state index in [2.05, 4.69) is 20.1 Å². The predicted molar refractivity (Wildman–Crippen MR) is 65.6 cm³/mol. The molecule has 2 unspecified atom stereocenters. The van der Waals surface area contributed by atoms with Crippen molar-refractivity contribution in [1.29, 1.82) is 0 Å². The van der Waals surface area contributed by atoms with E-state index >= 15 is 0 Å². The zero-order valence-corrected chi connectivity index (χ0v) is 11.4. The number of hydrogen-bond acceptors (Lipinski definition) is 5. The molecule has 0 aromatic heterocycles. The Kier molecular flexibility index (Phi) is 7.50. The fraction of sp³-hybridized carbons (Fsp3) is 0.727. The summed E-state index contributed by atoms with van der Waals surface area (Å²) >= 11 is 0. The highest BCUT2D eigenvalue weighted by molar-refractivity contribution is 5.84. The Balaban J connectivity index is 4.35. The van der Waals surface area contributed by atoms with E-state index in [1.165, 1.54) is 14.2 Å². The van der Waals surface area contributed by atoms with Crippen LogP contribution in [-0.2, 0) is 19.1 Å². The fourth-order valence-electron chi connectivity index (χ4n) is 1.27. The Morgan fingerprint density at radius 1 is 1.21 bits per heavy atom. The Hall–Kier alpha value is -1.83. The number of rotatable bonds is 7. The number of carboxylic acid groups (broad SMARTS) is 1. The summed E-state index contributed by atoms with van der Waals surface area (Å²) in [5, 5.41) is 13.4. The van der Waals surface area contributed by atoms with Gasteiger partial charge in [-0.3, -0.25) is 0 Å². The van der Waals surface area contributed by atoms with Crippen LogP contribution >= 0.6 is 0 Å². The summed E-state index contributed by atoms with van der Waals surface area (Å²) in [5.74, 6) is -1.90. The van der Waals surface area contributed by atoms with Crippen LogP contribution in [0.4, 0.5) is 4.79 Å². The summed E-state index contributed by atoms with van der Waals surface area (Å²) in [7, 11) is 2.45. The topological polar surface area (TPSA) is 114 Å². The van der Waals surface area contributed by atoms with Crippen molar-refractivity contribution >= 4 is 18.0 Å². The summed E-state index contributed by atoms with van der Waals surface area (Å²) in [6, 6.07) is -1.46. The number of esters is 1. The van der Waals surface area contributed by atoms with Crippen LogP contribution in [-0.4, -0.2) is 56.0 Å². The SMILES string of the molecule is COC(=O)C(NC(=O)NCC(OC)C(=O)O)C(C)C. The van der Waals surface area contributed by atoms with Crippen molar-refractivity contribution in [3.8, 4) is 0 Å². The first kappa shape index (κ1) is 17.2. The maximum Gasteiger partial charge on any atom is 0.334 e. The van der Waals surface area contributed by atoms with Gasteiger partial charge in [-0.1, -0.05) is 13.8 Å². The van der Waals surface area contributed by atoms with E-state index in [4.69, 9.17) is 5.11 Å². The molecule has 3 N–H and O–H groups in total. The molecule has 0 heterocycles. The van der Waals surface area contributed by atoms with E-state index in [0.29, 0.717) is 0 Å². The van der Waals surface area contributed by atoms with Gasteiger partial charge in [-0.25, -0.2) is 14.4 Å². The lowest BCUT2D eigenvalue weighted by Gasteiger charge is -2.20. The lowest BCUT2D eigenvalue weighted by Crippen LogP contribution is -2.51. The number of carboxylic acids is 1. The van der Waals surface area contributed by atoms with Gasteiger partial charge in [0.2, 0.25) is 0 Å². The second-order valence-corrected chi connectivity index (χ2v) is 4.16. The quantitative estimate of drug-likeness (QED) is 0.544. The van der Waals surface area contributed by atoms with Gasteiger partial charge in [0.15, 0.2) is 6.10 Å². The van der Waals surface area contributed by atoms with E-state index in [-0.39, 0.29) is 12.5 Å². The minimum Gasteiger partial charge on any atom is -0.479 e. The summed E-state index contributed by atoms with van der Waals surface area (Å²) in [6.45, 7) is 3.29. The van der Waals surface area contributed by atoms with Crippen LogP contribution in [0.3, 0.4) is 0 Å². The lowest BCUT2D eigenvalue weighted by molar-refractivity contribution is -0.148. The first-order valence-corrected chi connectivity index (χ1v) is 5.71. The zero-order valence-electron chi connectivity index (χ0n) is 11.4. The third kappa shape index (κ3) is 6.05. The van der Waals surface area contributed by atoms with Gasteiger partial charge in [-0.05, 0) is 5.92 Å². The molecule has 8 heteroatoms. The number of amides is 2. The lowest BCUT2D eigenvalue weighted by atomic mass is 10.1. The van der Waals surface area contributed by atoms with Crippen molar-refractivity contribution in [3.63, 3.8) is 0 Å². The number of aliphatic carboxylic acids is 1. The molecule has 0 radical (unpaired) electrons. The van der Waals surface area contributed by atoms with Crippen molar-refractivity contribution < 1.29 is 29.0 Å². The highest BCUT2D eigenvalue weighted by atomic mass is 16.5. The third-order valence-electron chi connectivity index (χ3n) is 2.42. The standard InChI is InChI=1S/C11H20N2O6/c1-6(2)8(10(16)19-4)13-11(17)12-5-7(18-3)9(14)15/h6-8H,5H2,1-4H3,(H,14,15)(H2,12,13,17). The normalized spacial score (nSPS) is 13.5. The van der Waals surface area contributed by atoms with Gasteiger partial charge in [-0.2, -0.15) is 0 Å². The van der Waals surface area contributed by atoms with Crippen LogP contribution in [0.5, 0.6) is 0 Å². The Labute approximate surface area is 111 Å². The van der Waals surface area contributed by atoms with E-state index in [1.807, 2.05) is 0 Å². The summed E-state index contributed by atoms with van der Waals surface area (Å²) in [5.41, 5.74) is 0. The second kappa shape index (κ2) is 8.30. The molecule has 0 aliphatic carbocycles. The first-order valence-electron chi connectivity index (χ1n) is 5.71. The molecule has 0 aliphatic heterocycles. The van der Waals surface area contributed by atoms with Crippen LogP contribution in [0.1, 0.15) is 13.8 Å². The van der Waals surface area contributed by atoms with Gasteiger partial charge in [-0.15, -0.1) is 0 Å². The molecule has 0 rings (SSSR count). The molecule has 0 saturated carbocycles. The molecule has 0 aliphatic rings. The number of hydrogen-bond donors (Lipinski definition) is 3. The molecule has 2 atom stereocenters. The van der Waals surface area contributed by atoms with Crippen molar-refractivity contribution in [2.45, 2.75) is 26.0 Å². The Bertz CT molecular complexity index is 331. The second-order valence-electron chi connectivity index (χ2n) is 4.16. The van der Waals surface area contributed by atoms with Crippen LogP contribution in [0.2, 0.25) is 0 Å². The Morgan fingerprint density at radius 3 is 2.16 bits per heavy atom. The first-order chi connectivity index (χ1) is 8.83. The smallest absolute Gasteiger partial charge is 0.334 e. The number of carbonyl (C=O) groups is 3. The Morgan fingerprint density at radius 2 is 1.79 bits per heavy atom. The average molecular weight is 276 g/mol. The van der Waals surface area contributed by atoms with Gasteiger partial charge < -0.3 is 25.2 Å². The third-order valence-corrected chi connectivity index (χ3v) is 2.42. The molecule has 2 amide bonds. The van der Waals surface area contributed by atoms with E-state index < -0.39 is 30.1 Å². The van der Waals surface area contributed by atoms with E-state index in [0.717, 1.165) is 0 Å². The van der Waals surface area contributed by atoms with E-state index in [9.17, 15) is 14.4 Å². The van der Waals surface area contributed by atoms with Gasteiger partial charge >= 0.3 is 18.0 Å². The number of urea groups is 1. The average Bonchev–Trinajstić information content (AvgIpc) is 2.34. The van der Waals surface area contributed by atoms with Gasteiger partial charge in [0.1, 0.15) is 6.04 Å². The summed E-state index contributed by atoms with van der Waals surface area (Å²) in [4.78, 5) is 33.6. The van der Waals surface area contributed by atoms with Gasteiger partial charge in [0, 0.05) is 7.11 Å². The molecule has 0 spiro atoms. The fourth-order valence-corrected chi connectivity index (χ4v) is 1.27. The van der Waals surface area contributed by atoms with Crippen LogP contribution < -0.4 is 10.6 Å². The van der Waals surface area contributed by atoms with E-state index in [1.54, 1.807) is 13.8 Å². The van der Waals surface area contributed by atoms with Crippen LogP contribution in [0, 0.1) is 5.92 Å². The molecular formula is C11H20N2O6. The van der Waals surface area contributed by atoms with Crippen molar-refractivity contribution in [1.82, 2.24) is 10.6 Å². The molecular weight excluding hydrogens is 256 g/mol. The number of methoxy groups -OCH3 is 2. The molecule has 0 aromatic carbocycles. The number of ether oxygens (including phenoxy) is 2. The zero-order chi connectivity index (χ0) is 15.0. The molecule has 0 aromatic rings. The minimum absolute atomic E-state index is 0.157. The molecule has 110 valence electrons. The molecule has 19 heavy (non-hydrogen) atoms. The summed E-state index contributed by atoms with van der Waals surface area (Å²) < 4.78 is 9.21. The molecule has 0 bridgehead atoms. The number of carbonyl (C=O) groups excluding carboxylic acids is 2. The highest BCUT2D eigenvalue weighted by Gasteiger charge is 2.25. The van der Waals surface area contributed by atoms with Gasteiger partial charge in [0.05, 0.1) is 13.7 Å². The monoisotopic (exact) mass is 276 g/mol. The number of nitrogens with one attached hydrogen (secondary N) is 2. The maximum absolute atomic E-state index is 11.5. The van der Waals surface area contributed by atoms with Crippen LogP contribution in [0.15, 0.2) is 0 Å². The molecule has 0 saturated heterocycles. The minimum atomic E-state index is -1.18. The molecule has 8 nitrogen and oxygen atoms in total. The van der Waals surface area contributed by atoms with Crippen molar-refractivity contribution in [2.75, 3.05) is 20.8 Å². The molecule has 0 fully saturated rings. The van der Waals surface area contributed by atoms with Crippen LogP contribution in [0.25, 0.3) is 0 Å². The van der Waals surface area contributed by atoms with Crippen molar-refractivity contribution in [2.24, 2.45) is 5.92 Å². The summed E-state index contributed by atoms with van der Waals surface area (Å²) in [6.07, 6.45) is -1.14. The highest BCUT2D eigenvalue weighted by Crippen LogP contribution is 2.03. The van der Waals surface area contributed by atoms with Gasteiger partial charge in [0.25, 0.3) is 0 Å². The largest absolute Gasteiger partial charge is 0.479 e.